The molecule has 0 aliphatic heterocycles. The second-order valence-corrected chi connectivity index (χ2v) is 7.35. The quantitative estimate of drug-likeness (QED) is 0.529. The Labute approximate surface area is 155 Å². The Hall–Kier alpha value is -2.59. The lowest BCUT2D eigenvalue weighted by molar-refractivity contribution is 0.630. The molecule has 0 unspecified atom stereocenters. The van der Waals surface area contributed by atoms with Crippen molar-refractivity contribution in [3.63, 3.8) is 0 Å². The first kappa shape index (κ1) is 16.9. The topological polar surface area (TPSA) is 88.8 Å². The molecule has 26 heavy (non-hydrogen) atoms. The van der Waals surface area contributed by atoms with E-state index in [0.717, 1.165) is 11.4 Å². The van der Waals surface area contributed by atoms with Gasteiger partial charge < -0.3 is 0 Å². The summed E-state index contributed by atoms with van der Waals surface area (Å²) in [6, 6.07) is 7.82. The summed E-state index contributed by atoms with van der Waals surface area (Å²) >= 11 is 2.73. The maximum atomic E-state index is 13.8. The lowest BCUT2D eigenvalue weighted by Gasteiger charge is -1.98. The van der Waals surface area contributed by atoms with Crippen LogP contribution in [0.5, 0.6) is 0 Å². The molecule has 3 aromatic heterocycles. The summed E-state index contributed by atoms with van der Waals surface area (Å²) < 4.78 is 15.1. The third-order valence-corrected chi connectivity index (χ3v) is 5.52. The Morgan fingerprint density at radius 3 is 2.96 bits per heavy atom. The Kier molecular flexibility index (Phi) is 4.51. The van der Waals surface area contributed by atoms with Crippen molar-refractivity contribution in [3.8, 4) is 11.4 Å². The number of rotatable bonds is 5. The van der Waals surface area contributed by atoms with E-state index in [1.54, 1.807) is 18.2 Å². The molecule has 7 nitrogen and oxygen atoms in total. The van der Waals surface area contributed by atoms with Gasteiger partial charge in [0, 0.05) is 11.8 Å². The Bertz CT molecular complexity index is 1140. The van der Waals surface area contributed by atoms with E-state index in [0.29, 0.717) is 33.0 Å². The second kappa shape index (κ2) is 6.96. The van der Waals surface area contributed by atoms with Crippen LogP contribution in [0.15, 0.2) is 40.3 Å². The third-order valence-electron chi connectivity index (χ3n) is 3.59. The minimum atomic E-state index is -0.364. The van der Waals surface area contributed by atoms with Gasteiger partial charge in [-0.25, -0.2) is 14.4 Å². The smallest absolute Gasteiger partial charge is 0.267 e. The number of hydrogen-bond donors (Lipinski definition) is 1. The molecule has 0 saturated carbocycles. The Morgan fingerprint density at radius 1 is 1.31 bits per heavy atom. The van der Waals surface area contributed by atoms with Crippen LogP contribution in [0.25, 0.3) is 16.3 Å². The van der Waals surface area contributed by atoms with Crippen LogP contribution in [-0.4, -0.2) is 29.8 Å². The Morgan fingerprint density at radius 2 is 2.15 bits per heavy atom. The van der Waals surface area contributed by atoms with Crippen molar-refractivity contribution in [1.29, 1.82) is 0 Å². The van der Waals surface area contributed by atoms with Gasteiger partial charge in [-0.05, 0) is 18.6 Å². The number of aromatic amines is 1. The van der Waals surface area contributed by atoms with E-state index in [1.807, 2.05) is 6.92 Å². The predicted octanol–water partition coefficient (Wildman–Crippen LogP) is 2.93. The first-order valence-corrected chi connectivity index (χ1v) is 9.63. The van der Waals surface area contributed by atoms with Crippen molar-refractivity contribution in [1.82, 2.24) is 29.8 Å². The van der Waals surface area contributed by atoms with Gasteiger partial charge in [0.05, 0.1) is 11.3 Å². The summed E-state index contributed by atoms with van der Waals surface area (Å²) in [6.45, 7) is 1.98. The van der Waals surface area contributed by atoms with Crippen LogP contribution in [0.2, 0.25) is 0 Å². The maximum absolute atomic E-state index is 13.8. The van der Waals surface area contributed by atoms with Crippen molar-refractivity contribution in [2.45, 2.75) is 24.3 Å². The van der Waals surface area contributed by atoms with E-state index in [-0.39, 0.29) is 11.4 Å². The highest BCUT2D eigenvalue weighted by Gasteiger charge is 2.12. The summed E-state index contributed by atoms with van der Waals surface area (Å²) in [5, 5.41) is 12.4. The van der Waals surface area contributed by atoms with Crippen molar-refractivity contribution >= 4 is 28.1 Å². The number of nitrogens with one attached hydrogen (secondary N) is 1. The molecule has 0 fully saturated rings. The highest BCUT2D eigenvalue weighted by atomic mass is 32.2. The molecular weight excluding hydrogens is 375 g/mol. The molecule has 0 spiro atoms. The molecule has 0 bridgehead atoms. The first-order valence-electron chi connectivity index (χ1n) is 7.83. The van der Waals surface area contributed by atoms with Crippen molar-refractivity contribution in [2.24, 2.45) is 0 Å². The molecule has 0 atom stereocenters. The maximum Gasteiger partial charge on any atom is 0.275 e. The first-order chi connectivity index (χ1) is 12.6. The molecular formula is C16H13FN6OS2. The van der Waals surface area contributed by atoms with E-state index >= 15 is 0 Å². The minimum absolute atomic E-state index is 0.205. The number of thioether (sulfide) groups is 1. The number of fused-ring (bicyclic) bond motifs is 1. The molecule has 4 rings (SSSR count). The fourth-order valence-electron chi connectivity index (χ4n) is 2.34. The summed E-state index contributed by atoms with van der Waals surface area (Å²) in [7, 11) is 0. The highest BCUT2D eigenvalue weighted by molar-refractivity contribution is 7.98. The summed E-state index contributed by atoms with van der Waals surface area (Å²) in [6.07, 6.45) is 0.758. The van der Waals surface area contributed by atoms with Crippen LogP contribution in [0.1, 0.15) is 17.6 Å². The van der Waals surface area contributed by atoms with Crippen LogP contribution in [-0.2, 0) is 12.2 Å². The molecule has 0 saturated heterocycles. The largest absolute Gasteiger partial charge is 0.275 e. The van der Waals surface area contributed by atoms with Crippen LogP contribution < -0.4 is 5.56 Å². The van der Waals surface area contributed by atoms with Crippen LogP contribution >= 0.6 is 23.1 Å². The number of aromatic nitrogens is 6. The monoisotopic (exact) mass is 388 g/mol. The van der Waals surface area contributed by atoms with Gasteiger partial charge in [0.25, 0.3) is 5.56 Å². The molecule has 0 radical (unpaired) electrons. The second-order valence-electron chi connectivity index (χ2n) is 5.36. The molecule has 3 heterocycles. The number of nitrogens with zero attached hydrogens (tertiary/aromatic N) is 5. The SMILES string of the molecule is CCc1nn2c(=O)cc(CSc3n[nH]c(-c4ccccc4F)n3)nc2s1. The molecule has 1 aromatic carbocycles. The average molecular weight is 388 g/mol. The molecule has 4 aromatic rings. The standard InChI is InChI=1S/C16H13FN6OS2/c1-2-12-22-23-13(24)7-9(18-16(23)26-12)8-25-15-19-14(20-21-15)10-5-3-4-6-11(10)17/h3-7H,2,8H2,1H3,(H,19,20,21). The van der Waals surface area contributed by atoms with Gasteiger partial charge >= 0.3 is 0 Å². The van der Waals surface area contributed by atoms with Gasteiger partial charge in [0.1, 0.15) is 10.8 Å². The highest BCUT2D eigenvalue weighted by Crippen LogP contribution is 2.23. The summed E-state index contributed by atoms with van der Waals surface area (Å²) in [4.78, 5) is 21.5. The van der Waals surface area contributed by atoms with Crippen LogP contribution in [0.3, 0.4) is 0 Å². The van der Waals surface area contributed by atoms with Gasteiger partial charge in [0.15, 0.2) is 5.82 Å². The number of H-pyrrole nitrogens is 1. The predicted molar refractivity (Wildman–Crippen MR) is 97.8 cm³/mol. The molecule has 0 aliphatic rings. The summed E-state index contributed by atoms with van der Waals surface area (Å²) in [5.41, 5.74) is 0.786. The zero-order valence-corrected chi connectivity index (χ0v) is 15.3. The molecule has 0 aliphatic carbocycles. The van der Waals surface area contributed by atoms with E-state index in [4.69, 9.17) is 0 Å². The van der Waals surface area contributed by atoms with E-state index in [2.05, 4.69) is 25.3 Å². The minimum Gasteiger partial charge on any atom is -0.267 e. The zero-order chi connectivity index (χ0) is 18.1. The lowest BCUT2D eigenvalue weighted by Crippen LogP contribution is -2.15. The van der Waals surface area contributed by atoms with E-state index < -0.39 is 0 Å². The van der Waals surface area contributed by atoms with Crippen LogP contribution in [0.4, 0.5) is 4.39 Å². The van der Waals surface area contributed by atoms with Gasteiger partial charge in [-0.1, -0.05) is 42.2 Å². The Balaban J connectivity index is 1.54. The molecule has 132 valence electrons. The van der Waals surface area contributed by atoms with Gasteiger partial charge in [-0.2, -0.15) is 9.61 Å². The number of hydrogen-bond acceptors (Lipinski definition) is 7. The van der Waals surface area contributed by atoms with Crippen molar-refractivity contribution < 1.29 is 4.39 Å². The van der Waals surface area contributed by atoms with E-state index in [1.165, 1.54) is 39.7 Å². The normalized spacial score (nSPS) is 11.3. The number of benzene rings is 1. The molecule has 10 heteroatoms. The van der Waals surface area contributed by atoms with Gasteiger partial charge in [-0.15, -0.1) is 5.10 Å². The van der Waals surface area contributed by atoms with E-state index in [9.17, 15) is 9.18 Å². The molecule has 1 N–H and O–H groups in total. The molecule has 0 amide bonds. The van der Waals surface area contributed by atoms with Gasteiger partial charge in [0.2, 0.25) is 10.1 Å². The third kappa shape index (κ3) is 3.25. The van der Waals surface area contributed by atoms with Crippen molar-refractivity contribution in [2.75, 3.05) is 0 Å². The van der Waals surface area contributed by atoms with Gasteiger partial charge in [-0.3, -0.25) is 9.89 Å². The average Bonchev–Trinajstić information content (AvgIpc) is 3.27. The lowest BCUT2D eigenvalue weighted by atomic mass is 10.2. The number of aryl methyl sites for hydroxylation is 1. The number of halogens is 1. The zero-order valence-electron chi connectivity index (χ0n) is 13.6. The van der Waals surface area contributed by atoms with Crippen molar-refractivity contribution in [3.05, 3.63) is 57.2 Å². The fraction of sp³-hybridized carbons (Fsp3) is 0.188. The van der Waals surface area contributed by atoms with Crippen LogP contribution in [0, 0.1) is 5.82 Å². The summed E-state index contributed by atoms with van der Waals surface area (Å²) in [5.74, 6) is 0.432. The fourth-order valence-corrected chi connectivity index (χ4v) is 3.88.